The van der Waals surface area contributed by atoms with Crippen LogP contribution >= 0.6 is 7.82 Å². The van der Waals surface area contributed by atoms with Gasteiger partial charge in [0.2, 0.25) is 6.23 Å². The van der Waals surface area contributed by atoms with Crippen LogP contribution in [-0.2, 0) is 32.4 Å². The smallest absolute Gasteiger partial charge is 0.458 e. The molecule has 0 radical (unpaired) electrons. The topological polar surface area (TPSA) is 80.3 Å². The number of nitrogens with zero attached hydrogens (tertiary/aromatic N) is 1. The molecule has 9 heteroatoms. The highest BCUT2D eigenvalue weighted by Crippen LogP contribution is 2.60. The lowest BCUT2D eigenvalue weighted by Crippen LogP contribution is -2.56. The Morgan fingerprint density at radius 1 is 0.825 bits per heavy atom. The van der Waals surface area contributed by atoms with Crippen molar-refractivity contribution in [2.75, 3.05) is 40.5 Å². The maximum atomic E-state index is 13.0. The zero-order chi connectivity index (χ0) is 29.1. The van der Waals surface area contributed by atoms with E-state index in [2.05, 4.69) is 6.92 Å². The van der Waals surface area contributed by atoms with Gasteiger partial charge in [-0.05, 0) is 19.3 Å². The zero-order valence-electron chi connectivity index (χ0n) is 26.2. The summed E-state index contributed by atoms with van der Waals surface area (Å²) in [7, 11) is 0.398. The number of fused-ring (bicyclic) bond motifs is 1. The van der Waals surface area contributed by atoms with Crippen LogP contribution in [0.4, 0.5) is 0 Å². The number of hydrogen-bond acceptors (Lipinski definition) is 7. The molecule has 2 rings (SSSR count). The fourth-order valence-corrected chi connectivity index (χ4v) is 7.49. The molecule has 0 N–H and O–H groups in total. The summed E-state index contributed by atoms with van der Waals surface area (Å²) in [6.07, 6.45) is 23.4. The van der Waals surface area contributed by atoms with Gasteiger partial charge in [-0.25, -0.2) is 9.09 Å². The van der Waals surface area contributed by atoms with Gasteiger partial charge < -0.3 is 14.0 Å². The van der Waals surface area contributed by atoms with Gasteiger partial charge in [0, 0.05) is 13.5 Å². The van der Waals surface area contributed by atoms with Crippen molar-refractivity contribution in [3.8, 4) is 0 Å². The zero-order valence-corrected chi connectivity index (χ0v) is 27.1. The first kappa shape index (κ1) is 35.7. The van der Waals surface area contributed by atoms with E-state index < -0.39 is 19.9 Å². The van der Waals surface area contributed by atoms with E-state index in [-0.39, 0.29) is 25.5 Å². The van der Waals surface area contributed by atoms with E-state index in [0.29, 0.717) is 11.1 Å². The van der Waals surface area contributed by atoms with Crippen molar-refractivity contribution in [1.29, 1.82) is 0 Å². The Kier molecular flexibility index (Phi) is 18.2. The minimum absolute atomic E-state index is 0.0806. The lowest BCUT2D eigenvalue weighted by Gasteiger charge is -2.39. The Labute approximate surface area is 245 Å². The van der Waals surface area contributed by atoms with Gasteiger partial charge in [-0.15, -0.1) is 0 Å². The molecular formula is C31H61NO7P+. The normalized spacial score (nSPS) is 24.6. The molecule has 2 saturated heterocycles. The molecule has 0 spiro atoms. The lowest BCUT2D eigenvalue weighted by molar-refractivity contribution is -0.939. The van der Waals surface area contributed by atoms with Crippen molar-refractivity contribution in [2.45, 2.75) is 154 Å². The van der Waals surface area contributed by atoms with E-state index >= 15 is 0 Å². The van der Waals surface area contributed by atoms with Crippen molar-refractivity contribution >= 4 is 13.8 Å². The summed E-state index contributed by atoms with van der Waals surface area (Å²) in [5, 5.41) is 0. The summed E-state index contributed by atoms with van der Waals surface area (Å²) in [6.45, 7) is 5.29. The van der Waals surface area contributed by atoms with Crippen molar-refractivity contribution in [2.24, 2.45) is 0 Å². The second-order valence-corrected chi connectivity index (χ2v) is 14.1. The molecule has 2 fully saturated rings. The first-order valence-electron chi connectivity index (χ1n) is 16.4. The van der Waals surface area contributed by atoms with Crippen LogP contribution < -0.4 is 0 Å². The van der Waals surface area contributed by atoms with Crippen LogP contribution in [0, 0.1) is 0 Å². The summed E-state index contributed by atoms with van der Waals surface area (Å²) < 4.78 is 41.8. The first-order chi connectivity index (χ1) is 19.3. The predicted molar refractivity (Wildman–Crippen MR) is 160 cm³/mol. The van der Waals surface area contributed by atoms with Crippen LogP contribution in [0.5, 0.6) is 0 Å². The average Bonchev–Trinajstić information content (AvgIpc) is 3.26. The van der Waals surface area contributed by atoms with Crippen LogP contribution in [-0.4, -0.2) is 69.3 Å². The van der Waals surface area contributed by atoms with Crippen LogP contribution in [0.15, 0.2) is 0 Å². The maximum absolute atomic E-state index is 13.0. The molecule has 0 aliphatic carbocycles. The Bertz CT molecular complexity index is 720. The molecule has 0 aromatic rings. The van der Waals surface area contributed by atoms with Gasteiger partial charge in [-0.1, -0.05) is 110 Å². The molecule has 0 bridgehead atoms. The van der Waals surface area contributed by atoms with E-state index in [9.17, 15) is 9.36 Å². The molecule has 2 aliphatic heterocycles. The molecule has 8 nitrogen and oxygen atoms in total. The summed E-state index contributed by atoms with van der Waals surface area (Å²) in [5.74, 6) is -0.423. The number of carbonyl (C=O) groups is 1. The lowest BCUT2D eigenvalue weighted by atomic mass is 10.0. The quantitative estimate of drug-likeness (QED) is 0.0484. The highest BCUT2D eigenvalue weighted by molar-refractivity contribution is 7.48. The molecule has 0 aromatic carbocycles. The third-order valence-electron chi connectivity index (χ3n) is 8.18. The summed E-state index contributed by atoms with van der Waals surface area (Å²) >= 11 is 0. The van der Waals surface area contributed by atoms with Crippen molar-refractivity contribution in [1.82, 2.24) is 0 Å². The fraction of sp³-hybridized carbons (Fsp3) is 0.968. The first-order valence-corrected chi connectivity index (χ1v) is 17.9. The molecule has 2 aliphatic rings. The monoisotopic (exact) mass is 590 g/mol. The van der Waals surface area contributed by atoms with Gasteiger partial charge in [-0.3, -0.25) is 13.8 Å². The Morgan fingerprint density at radius 2 is 1.35 bits per heavy atom. The maximum Gasteiger partial charge on any atom is 0.480 e. The minimum Gasteiger partial charge on any atom is -0.458 e. The number of phosphoric ester groups is 1. The molecule has 2 heterocycles. The third-order valence-corrected chi connectivity index (χ3v) is 9.65. The van der Waals surface area contributed by atoms with E-state index in [0.717, 1.165) is 32.2 Å². The highest BCUT2D eigenvalue weighted by atomic mass is 31.2. The average molecular weight is 591 g/mol. The number of quaternary nitrogens is 1. The van der Waals surface area contributed by atoms with E-state index in [1.165, 1.54) is 103 Å². The molecule has 4 atom stereocenters. The number of hydrogen-bond donors (Lipinski definition) is 0. The number of unbranched alkanes of at least 4 members (excludes halogenated alkanes) is 16. The summed E-state index contributed by atoms with van der Waals surface area (Å²) in [6, 6.07) is 0. The SMILES string of the molecule is CCCCCCCCCCCCCCCCCCCOCC(COP1(=O)OC2CCC[N+](C)(C)C2O1)OC(C)=O. The molecule has 0 saturated carbocycles. The van der Waals surface area contributed by atoms with Gasteiger partial charge in [0.25, 0.3) is 0 Å². The number of ether oxygens (including phenoxy) is 2. The minimum atomic E-state index is -3.69. The molecular weight excluding hydrogens is 529 g/mol. The third kappa shape index (κ3) is 15.1. The second-order valence-electron chi connectivity index (χ2n) is 12.5. The summed E-state index contributed by atoms with van der Waals surface area (Å²) in [4.78, 5) is 11.6. The molecule has 0 aromatic heterocycles. The standard InChI is InChI=1S/C31H61NO7P/c1-5-6-7-8-9-10-11-12-13-14-15-16-17-18-19-20-21-25-35-26-29(37-28(2)33)27-36-40(34)38-30-23-22-24-32(3,4)31(30)39-40/h29-31H,5-27H2,1-4H3/q+1. The van der Waals surface area contributed by atoms with Gasteiger partial charge >= 0.3 is 13.8 Å². The number of phosphoric acid groups is 1. The van der Waals surface area contributed by atoms with Crippen molar-refractivity contribution < 1.29 is 36.9 Å². The van der Waals surface area contributed by atoms with E-state index in [1.807, 2.05) is 14.1 Å². The highest BCUT2D eigenvalue weighted by Gasteiger charge is 2.55. The van der Waals surface area contributed by atoms with E-state index in [4.69, 9.17) is 23.0 Å². The second kappa shape index (κ2) is 20.4. The fourth-order valence-electron chi connectivity index (χ4n) is 5.77. The van der Waals surface area contributed by atoms with Gasteiger partial charge in [0.15, 0.2) is 0 Å². The van der Waals surface area contributed by atoms with Crippen molar-refractivity contribution in [3.63, 3.8) is 0 Å². The predicted octanol–water partition coefficient (Wildman–Crippen LogP) is 8.32. The summed E-state index contributed by atoms with van der Waals surface area (Å²) in [5.41, 5.74) is 0. The number of likely N-dealkylation sites (N-methyl/N-ethyl adjacent to an activating group) is 1. The molecule has 40 heavy (non-hydrogen) atoms. The van der Waals surface area contributed by atoms with Crippen LogP contribution in [0.25, 0.3) is 0 Å². The van der Waals surface area contributed by atoms with Gasteiger partial charge in [0.05, 0.1) is 33.9 Å². The van der Waals surface area contributed by atoms with Crippen LogP contribution in [0.1, 0.15) is 136 Å². The van der Waals surface area contributed by atoms with Gasteiger partial charge in [0.1, 0.15) is 12.2 Å². The number of piperidine rings is 1. The van der Waals surface area contributed by atoms with Crippen molar-refractivity contribution in [3.05, 3.63) is 0 Å². The van der Waals surface area contributed by atoms with Crippen LogP contribution in [0.3, 0.4) is 0 Å². The number of esters is 1. The number of likely N-dealkylation sites (tertiary alicyclic amines) is 1. The van der Waals surface area contributed by atoms with Gasteiger partial charge in [-0.2, -0.15) is 0 Å². The molecule has 4 unspecified atom stereocenters. The Morgan fingerprint density at radius 3 is 1.85 bits per heavy atom. The Balaban J connectivity index is 1.44. The number of carbonyl (C=O) groups excluding carboxylic acids is 1. The van der Waals surface area contributed by atoms with Crippen LogP contribution in [0.2, 0.25) is 0 Å². The number of rotatable bonds is 24. The Hall–Kier alpha value is -0.500. The van der Waals surface area contributed by atoms with E-state index in [1.54, 1.807) is 0 Å². The molecule has 236 valence electrons. The largest absolute Gasteiger partial charge is 0.480 e. The molecule has 0 amide bonds.